The predicted octanol–water partition coefficient (Wildman–Crippen LogP) is 8.00. The van der Waals surface area contributed by atoms with Crippen molar-refractivity contribution < 1.29 is 19.0 Å². The van der Waals surface area contributed by atoms with Crippen LogP contribution in [0.25, 0.3) is 0 Å². The van der Waals surface area contributed by atoms with Gasteiger partial charge in [-0.15, -0.1) is 0 Å². The monoisotopic (exact) mass is 458 g/mol. The van der Waals surface area contributed by atoms with Crippen molar-refractivity contribution in [3.63, 3.8) is 0 Å². The van der Waals surface area contributed by atoms with Gasteiger partial charge in [0.05, 0.1) is 13.2 Å². The van der Waals surface area contributed by atoms with Crippen LogP contribution in [0, 0.1) is 17.8 Å². The molecule has 0 spiro atoms. The van der Waals surface area contributed by atoms with Gasteiger partial charge in [-0.1, -0.05) is 90.2 Å². The van der Waals surface area contributed by atoms with Crippen molar-refractivity contribution in [1.29, 1.82) is 0 Å². The third-order valence-electron chi connectivity index (χ3n) is 7.55. The summed E-state index contributed by atoms with van der Waals surface area (Å²) in [7, 11) is 0. The van der Waals surface area contributed by atoms with Gasteiger partial charge in [0.1, 0.15) is 5.75 Å². The quantitative estimate of drug-likeness (QED) is 0.171. The maximum absolute atomic E-state index is 12.1. The van der Waals surface area contributed by atoms with Crippen LogP contribution in [0.2, 0.25) is 0 Å². The van der Waals surface area contributed by atoms with Crippen molar-refractivity contribution in [2.45, 2.75) is 110 Å². The molecule has 2 fully saturated rings. The molecular formula is C29H46O4. The Kier molecular flexibility index (Phi) is 11.7. The molecule has 186 valence electrons. The summed E-state index contributed by atoms with van der Waals surface area (Å²) in [5.41, 5.74) is 0.993. The minimum Gasteiger partial charge on any atom is -0.427 e. The van der Waals surface area contributed by atoms with E-state index in [-0.39, 0.29) is 12.3 Å². The second kappa shape index (κ2) is 14.8. The molecule has 3 rings (SSSR count). The number of carbonyl (C=O) groups is 1. The van der Waals surface area contributed by atoms with Crippen molar-refractivity contribution in [3.8, 4) is 5.75 Å². The molecule has 1 heterocycles. The summed E-state index contributed by atoms with van der Waals surface area (Å²) in [5.74, 6) is 2.67. The van der Waals surface area contributed by atoms with Crippen LogP contribution in [-0.4, -0.2) is 19.2 Å². The number of ether oxygens (including phenoxy) is 3. The lowest BCUT2D eigenvalue weighted by molar-refractivity contribution is -0.214. The molecule has 1 aromatic carbocycles. The molecule has 0 atom stereocenters. The molecule has 0 N–H and O–H groups in total. The summed E-state index contributed by atoms with van der Waals surface area (Å²) < 4.78 is 17.7. The van der Waals surface area contributed by atoms with Gasteiger partial charge in [0.2, 0.25) is 0 Å². The molecule has 0 bridgehead atoms. The molecule has 1 saturated carbocycles. The average Bonchev–Trinajstić information content (AvgIpc) is 2.85. The first-order chi connectivity index (χ1) is 16.2. The standard InChI is InChI=1S/C29H46O4/c1-3-5-6-7-8-9-10-12-28(30)33-27-19-17-25(18-20-27)29-31-21-26(22-32-29)24-15-13-23(11-4-2)14-16-24/h17-20,23-24,26,29H,3-16,21-22H2,1-2H3/t23?,24?,26-,29-. The summed E-state index contributed by atoms with van der Waals surface area (Å²) in [4.78, 5) is 12.1. The lowest BCUT2D eigenvalue weighted by Crippen LogP contribution is -2.34. The average molecular weight is 459 g/mol. The topological polar surface area (TPSA) is 44.8 Å². The van der Waals surface area contributed by atoms with E-state index in [0.717, 1.165) is 43.5 Å². The van der Waals surface area contributed by atoms with Gasteiger partial charge in [-0.25, -0.2) is 0 Å². The Morgan fingerprint density at radius 2 is 1.45 bits per heavy atom. The number of rotatable bonds is 13. The maximum Gasteiger partial charge on any atom is 0.311 e. The first kappa shape index (κ1) is 26.2. The summed E-state index contributed by atoms with van der Waals surface area (Å²) in [6.07, 6.45) is 16.7. The third-order valence-corrected chi connectivity index (χ3v) is 7.55. The zero-order chi connectivity index (χ0) is 23.3. The number of hydrogen-bond acceptors (Lipinski definition) is 4. The molecule has 2 aliphatic rings. The summed E-state index contributed by atoms with van der Waals surface area (Å²) >= 11 is 0. The maximum atomic E-state index is 12.1. The van der Waals surface area contributed by atoms with E-state index in [2.05, 4.69) is 13.8 Å². The van der Waals surface area contributed by atoms with Gasteiger partial charge in [0, 0.05) is 17.9 Å². The van der Waals surface area contributed by atoms with Crippen molar-refractivity contribution in [3.05, 3.63) is 29.8 Å². The Labute approximate surface area is 201 Å². The van der Waals surface area contributed by atoms with E-state index in [1.165, 1.54) is 70.6 Å². The molecule has 0 aromatic heterocycles. The number of carbonyl (C=O) groups excluding carboxylic acids is 1. The highest BCUT2D eigenvalue weighted by Gasteiger charge is 2.32. The Morgan fingerprint density at radius 1 is 0.818 bits per heavy atom. The molecule has 4 nitrogen and oxygen atoms in total. The number of esters is 1. The SMILES string of the molecule is CCCCCCCCCC(=O)Oc1ccc([C@H]2OC[C@H](C3CCC(CCC)CC3)CO2)cc1. The summed E-state index contributed by atoms with van der Waals surface area (Å²) in [5, 5.41) is 0. The van der Waals surface area contributed by atoms with Gasteiger partial charge in [-0.3, -0.25) is 4.79 Å². The fraction of sp³-hybridized carbons (Fsp3) is 0.759. The molecule has 1 aromatic rings. The molecule has 1 aliphatic carbocycles. The molecule has 4 heteroatoms. The zero-order valence-corrected chi connectivity index (χ0v) is 21.1. The Balaban J connectivity index is 1.32. The van der Waals surface area contributed by atoms with Crippen LogP contribution in [0.1, 0.15) is 116 Å². The van der Waals surface area contributed by atoms with Gasteiger partial charge < -0.3 is 14.2 Å². The van der Waals surface area contributed by atoms with E-state index in [0.29, 0.717) is 18.1 Å². The Hall–Kier alpha value is -1.39. The smallest absolute Gasteiger partial charge is 0.311 e. The Bertz CT molecular complexity index is 655. The van der Waals surface area contributed by atoms with Crippen LogP contribution in [0.5, 0.6) is 5.75 Å². The summed E-state index contributed by atoms with van der Waals surface area (Å²) in [6, 6.07) is 7.62. The number of benzene rings is 1. The molecule has 1 saturated heterocycles. The summed E-state index contributed by atoms with van der Waals surface area (Å²) in [6.45, 7) is 6.09. The number of unbranched alkanes of at least 4 members (excludes halogenated alkanes) is 6. The molecular weight excluding hydrogens is 412 g/mol. The fourth-order valence-corrected chi connectivity index (χ4v) is 5.44. The highest BCUT2D eigenvalue weighted by molar-refractivity contribution is 5.72. The normalized spacial score (nSPS) is 25.6. The molecule has 0 amide bonds. The van der Waals surface area contributed by atoms with Crippen molar-refractivity contribution in [1.82, 2.24) is 0 Å². The van der Waals surface area contributed by atoms with E-state index in [9.17, 15) is 4.79 Å². The largest absolute Gasteiger partial charge is 0.427 e. The van der Waals surface area contributed by atoms with Crippen LogP contribution in [0.3, 0.4) is 0 Å². The Morgan fingerprint density at radius 3 is 2.09 bits per heavy atom. The minimum absolute atomic E-state index is 0.141. The van der Waals surface area contributed by atoms with Gasteiger partial charge in [-0.2, -0.15) is 0 Å². The third kappa shape index (κ3) is 9.05. The van der Waals surface area contributed by atoms with E-state index in [1.54, 1.807) is 0 Å². The van der Waals surface area contributed by atoms with Crippen LogP contribution >= 0.6 is 0 Å². The van der Waals surface area contributed by atoms with E-state index in [4.69, 9.17) is 14.2 Å². The predicted molar refractivity (Wildman–Crippen MR) is 133 cm³/mol. The zero-order valence-electron chi connectivity index (χ0n) is 21.1. The van der Waals surface area contributed by atoms with Crippen LogP contribution in [-0.2, 0) is 14.3 Å². The molecule has 33 heavy (non-hydrogen) atoms. The number of hydrogen-bond donors (Lipinski definition) is 0. The second-order valence-corrected chi connectivity index (χ2v) is 10.2. The lowest BCUT2D eigenvalue weighted by Gasteiger charge is -2.37. The van der Waals surface area contributed by atoms with Crippen LogP contribution < -0.4 is 4.74 Å². The van der Waals surface area contributed by atoms with Crippen molar-refractivity contribution in [2.24, 2.45) is 17.8 Å². The molecule has 0 radical (unpaired) electrons. The van der Waals surface area contributed by atoms with Crippen LogP contribution in [0.4, 0.5) is 0 Å². The molecule has 1 aliphatic heterocycles. The fourth-order valence-electron chi connectivity index (χ4n) is 5.44. The second-order valence-electron chi connectivity index (χ2n) is 10.2. The van der Waals surface area contributed by atoms with E-state index in [1.807, 2.05) is 24.3 Å². The molecule has 0 unspecified atom stereocenters. The van der Waals surface area contributed by atoms with Gasteiger partial charge >= 0.3 is 5.97 Å². The van der Waals surface area contributed by atoms with Gasteiger partial charge in [-0.05, 0) is 43.2 Å². The first-order valence-electron chi connectivity index (χ1n) is 13.7. The van der Waals surface area contributed by atoms with Crippen molar-refractivity contribution in [2.75, 3.05) is 13.2 Å². The van der Waals surface area contributed by atoms with Gasteiger partial charge in [0.15, 0.2) is 6.29 Å². The highest BCUT2D eigenvalue weighted by Crippen LogP contribution is 2.38. The first-order valence-corrected chi connectivity index (χ1v) is 13.7. The highest BCUT2D eigenvalue weighted by atomic mass is 16.7. The minimum atomic E-state index is -0.310. The van der Waals surface area contributed by atoms with E-state index >= 15 is 0 Å². The van der Waals surface area contributed by atoms with Crippen LogP contribution in [0.15, 0.2) is 24.3 Å². The van der Waals surface area contributed by atoms with Gasteiger partial charge in [0.25, 0.3) is 0 Å². The lowest BCUT2D eigenvalue weighted by atomic mass is 9.75. The van der Waals surface area contributed by atoms with Crippen molar-refractivity contribution >= 4 is 5.97 Å². The van der Waals surface area contributed by atoms with E-state index < -0.39 is 0 Å².